The molecule has 0 radical (unpaired) electrons. The highest BCUT2D eigenvalue weighted by Gasteiger charge is 2.55. The Hall–Kier alpha value is -0.390. The van der Waals surface area contributed by atoms with Crippen LogP contribution in [0.1, 0.15) is 23.8 Å². The van der Waals surface area contributed by atoms with Gasteiger partial charge < -0.3 is 10.8 Å². The van der Waals surface area contributed by atoms with E-state index in [-0.39, 0.29) is 6.04 Å². The summed E-state index contributed by atoms with van der Waals surface area (Å²) in [5.74, 6) is -0.769. The van der Waals surface area contributed by atoms with E-state index in [4.69, 9.17) is 10.8 Å². The summed E-state index contributed by atoms with van der Waals surface area (Å²) >= 11 is 4.85. The second-order valence-corrected chi connectivity index (χ2v) is 6.08. The fraction of sp³-hybridized carbons (Fsp3) is 0.444. The number of rotatable bonds is 3. The highest BCUT2D eigenvalue weighted by molar-refractivity contribution is 9.11. The van der Waals surface area contributed by atoms with Gasteiger partial charge in [0.2, 0.25) is 0 Å². The molecule has 1 heterocycles. The van der Waals surface area contributed by atoms with Crippen LogP contribution in [0.3, 0.4) is 0 Å². The molecular weight excluding hydrogens is 266 g/mol. The lowest BCUT2D eigenvalue weighted by Gasteiger charge is -2.17. The van der Waals surface area contributed by atoms with Gasteiger partial charge in [-0.1, -0.05) is 0 Å². The van der Waals surface area contributed by atoms with Crippen molar-refractivity contribution in [3.05, 3.63) is 20.8 Å². The van der Waals surface area contributed by atoms with E-state index < -0.39 is 11.4 Å². The molecule has 1 atom stereocenters. The zero-order valence-corrected chi connectivity index (χ0v) is 9.77. The number of hydrogen-bond donors (Lipinski definition) is 2. The molecule has 1 aromatic rings. The monoisotopic (exact) mass is 275 g/mol. The Labute approximate surface area is 94.1 Å². The minimum atomic E-state index is -0.769. The first-order valence-corrected chi connectivity index (χ1v) is 5.91. The minimum absolute atomic E-state index is 0.365. The van der Waals surface area contributed by atoms with Crippen molar-refractivity contribution in [1.82, 2.24) is 0 Å². The van der Waals surface area contributed by atoms with Crippen LogP contribution >= 0.6 is 27.3 Å². The molecular formula is C9H10BrNO2S. The Morgan fingerprint density at radius 3 is 2.64 bits per heavy atom. The zero-order valence-electron chi connectivity index (χ0n) is 7.37. The maximum absolute atomic E-state index is 11.0. The van der Waals surface area contributed by atoms with Crippen molar-refractivity contribution in [3.63, 3.8) is 0 Å². The number of nitrogens with two attached hydrogens (primary N) is 1. The number of carbonyl (C=O) groups is 1. The second-order valence-electron chi connectivity index (χ2n) is 3.58. The van der Waals surface area contributed by atoms with Gasteiger partial charge in [0.1, 0.15) is 0 Å². The van der Waals surface area contributed by atoms with Gasteiger partial charge in [0.05, 0.1) is 15.2 Å². The first-order valence-electron chi connectivity index (χ1n) is 4.30. The van der Waals surface area contributed by atoms with Crippen molar-refractivity contribution in [2.75, 3.05) is 0 Å². The molecule has 2 rings (SSSR count). The molecule has 0 bridgehead atoms. The Balaban J connectivity index is 2.24. The topological polar surface area (TPSA) is 63.3 Å². The standard InChI is InChI=1S/C9H10BrNO2S/c10-6-2-1-5(14-6)7(11)9(3-4-9)8(12)13/h1-2,7H,3-4,11H2,(H,12,13). The zero-order chi connectivity index (χ0) is 10.3. The number of halogens is 1. The molecule has 76 valence electrons. The van der Waals surface area contributed by atoms with E-state index in [0.717, 1.165) is 8.66 Å². The number of carboxylic acids is 1. The molecule has 5 heteroatoms. The van der Waals surface area contributed by atoms with Gasteiger partial charge in [-0.25, -0.2) is 0 Å². The third kappa shape index (κ3) is 1.49. The molecule has 0 amide bonds. The predicted molar refractivity (Wildman–Crippen MR) is 58.3 cm³/mol. The predicted octanol–water partition coefficient (Wildman–Crippen LogP) is 2.38. The Morgan fingerprint density at radius 1 is 1.64 bits per heavy atom. The number of carboxylic acid groups (broad SMARTS) is 1. The summed E-state index contributed by atoms with van der Waals surface area (Å²) in [5, 5.41) is 9.06. The molecule has 0 saturated heterocycles. The lowest BCUT2D eigenvalue weighted by molar-refractivity contribution is -0.144. The fourth-order valence-electron chi connectivity index (χ4n) is 1.56. The first-order chi connectivity index (χ1) is 6.56. The highest BCUT2D eigenvalue weighted by Crippen LogP contribution is 2.55. The van der Waals surface area contributed by atoms with Crippen LogP contribution in [0, 0.1) is 5.41 Å². The van der Waals surface area contributed by atoms with E-state index in [1.165, 1.54) is 11.3 Å². The van der Waals surface area contributed by atoms with Crippen LogP contribution in [-0.4, -0.2) is 11.1 Å². The fourth-order valence-corrected chi connectivity index (χ4v) is 3.10. The summed E-state index contributed by atoms with van der Waals surface area (Å²) in [6.45, 7) is 0. The summed E-state index contributed by atoms with van der Waals surface area (Å²) in [6.07, 6.45) is 1.39. The summed E-state index contributed by atoms with van der Waals surface area (Å²) in [4.78, 5) is 12.0. The van der Waals surface area contributed by atoms with E-state index >= 15 is 0 Å². The average molecular weight is 276 g/mol. The quantitative estimate of drug-likeness (QED) is 0.890. The Kier molecular flexibility index (Phi) is 2.41. The van der Waals surface area contributed by atoms with Gasteiger partial charge in [0.25, 0.3) is 0 Å². The van der Waals surface area contributed by atoms with Gasteiger partial charge in [0, 0.05) is 4.88 Å². The van der Waals surface area contributed by atoms with E-state index in [0.29, 0.717) is 12.8 Å². The van der Waals surface area contributed by atoms with Gasteiger partial charge in [0.15, 0.2) is 0 Å². The van der Waals surface area contributed by atoms with Crippen molar-refractivity contribution in [2.24, 2.45) is 11.1 Å². The second kappa shape index (κ2) is 3.32. The molecule has 3 N–H and O–H groups in total. The van der Waals surface area contributed by atoms with Crippen LogP contribution in [0.15, 0.2) is 15.9 Å². The SMILES string of the molecule is NC(c1ccc(Br)s1)C1(C(=O)O)CC1. The summed E-state index contributed by atoms with van der Waals surface area (Å²) in [5.41, 5.74) is 5.27. The first kappa shape index (κ1) is 10.1. The molecule has 1 aliphatic carbocycles. The maximum atomic E-state index is 11.0. The third-order valence-corrected chi connectivity index (χ3v) is 4.42. The van der Waals surface area contributed by atoms with Crippen LogP contribution in [-0.2, 0) is 4.79 Å². The number of aliphatic carboxylic acids is 1. The maximum Gasteiger partial charge on any atom is 0.311 e. The molecule has 1 aromatic heterocycles. The van der Waals surface area contributed by atoms with Crippen LogP contribution in [0.4, 0.5) is 0 Å². The summed E-state index contributed by atoms with van der Waals surface area (Å²) < 4.78 is 0.990. The Morgan fingerprint density at radius 2 is 2.29 bits per heavy atom. The molecule has 0 spiro atoms. The van der Waals surface area contributed by atoms with Crippen LogP contribution in [0.5, 0.6) is 0 Å². The van der Waals surface area contributed by atoms with Crippen molar-refractivity contribution in [1.29, 1.82) is 0 Å². The van der Waals surface area contributed by atoms with Crippen LogP contribution < -0.4 is 5.73 Å². The third-order valence-electron chi connectivity index (χ3n) is 2.71. The summed E-state index contributed by atoms with van der Waals surface area (Å²) in [6, 6.07) is 3.43. The number of thiophene rings is 1. The van der Waals surface area contributed by atoms with Crippen molar-refractivity contribution < 1.29 is 9.90 Å². The van der Waals surface area contributed by atoms with E-state index in [1.54, 1.807) is 0 Å². The molecule has 1 unspecified atom stereocenters. The normalized spacial score (nSPS) is 20.4. The van der Waals surface area contributed by atoms with Gasteiger partial charge in [-0.2, -0.15) is 0 Å². The van der Waals surface area contributed by atoms with Gasteiger partial charge >= 0.3 is 5.97 Å². The summed E-state index contributed by atoms with van der Waals surface area (Å²) in [7, 11) is 0. The molecule has 1 aliphatic rings. The lowest BCUT2D eigenvalue weighted by Crippen LogP contribution is -2.29. The smallest absolute Gasteiger partial charge is 0.311 e. The number of hydrogen-bond acceptors (Lipinski definition) is 3. The molecule has 14 heavy (non-hydrogen) atoms. The van der Waals surface area contributed by atoms with Crippen molar-refractivity contribution in [2.45, 2.75) is 18.9 Å². The highest BCUT2D eigenvalue weighted by atomic mass is 79.9. The average Bonchev–Trinajstić information content (AvgIpc) is 2.84. The molecule has 3 nitrogen and oxygen atoms in total. The minimum Gasteiger partial charge on any atom is -0.481 e. The lowest BCUT2D eigenvalue weighted by atomic mass is 9.96. The van der Waals surface area contributed by atoms with Crippen LogP contribution in [0.25, 0.3) is 0 Å². The van der Waals surface area contributed by atoms with Gasteiger partial charge in [-0.05, 0) is 40.9 Å². The van der Waals surface area contributed by atoms with Crippen LogP contribution in [0.2, 0.25) is 0 Å². The van der Waals surface area contributed by atoms with E-state index in [2.05, 4.69) is 15.9 Å². The Bertz CT molecular complexity index is 373. The molecule has 1 fully saturated rings. The van der Waals surface area contributed by atoms with Crippen molar-refractivity contribution in [3.8, 4) is 0 Å². The largest absolute Gasteiger partial charge is 0.481 e. The molecule has 0 aliphatic heterocycles. The van der Waals surface area contributed by atoms with E-state index in [1.807, 2.05) is 12.1 Å². The molecule has 1 saturated carbocycles. The molecule has 0 aromatic carbocycles. The van der Waals surface area contributed by atoms with E-state index in [9.17, 15) is 4.79 Å². The van der Waals surface area contributed by atoms with Gasteiger partial charge in [-0.3, -0.25) is 4.79 Å². The van der Waals surface area contributed by atoms with Gasteiger partial charge in [-0.15, -0.1) is 11.3 Å². The van der Waals surface area contributed by atoms with Crippen molar-refractivity contribution >= 4 is 33.2 Å².